The van der Waals surface area contributed by atoms with Crippen molar-refractivity contribution in [2.24, 2.45) is 44.8 Å². The van der Waals surface area contributed by atoms with Crippen LogP contribution >= 0.6 is 0 Å². The van der Waals surface area contributed by atoms with E-state index in [4.69, 9.17) is 0 Å². The molecule has 0 aromatic carbocycles. The summed E-state index contributed by atoms with van der Waals surface area (Å²) in [6, 6.07) is 2.11. The Morgan fingerprint density at radius 3 is 2.30 bits per heavy atom. The van der Waals surface area contributed by atoms with Crippen molar-refractivity contribution in [3.05, 3.63) is 23.3 Å². The number of rotatable bonds is 6. The minimum atomic E-state index is -0.742. The lowest BCUT2D eigenvalue weighted by molar-refractivity contribution is -0.159. The first kappa shape index (κ1) is 29.3. The number of nitriles is 1. The van der Waals surface area contributed by atoms with Gasteiger partial charge in [-0.3, -0.25) is 14.4 Å². The van der Waals surface area contributed by atoms with Crippen LogP contribution in [0.2, 0.25) is 0 Å². The molecule has 37 heavy (non-hydrogen) atoms. The second-order valence-corrected chi connectivity index (χ2v) is 14.4. The van der Waals surface area contributed by atoms with Gasteiger partial charge in [0.1, 0.15) is 6.07 Å². The average Bonchev–Trinajstić information content (AvgIpc) is 2.77. The van der Waals surface area contributed by atoms with Crippen molar-refractivity contribution in [3.8, 4) is 6.07 Å². The smallest absolute Gasteiger partial charge is 0.309 e. The van der Waals surface area contributed by atoms with Gasteiger partial charge in [0, 0.05) is 11.3 Å². The number of carboxylic acid groups (broad SMARTS) is 1. The number of hydrogen-bond acceptors (Lipinski definition) is 4. The van der Waals surface area contributed by atoms with E-state index in [1.165, 1.54) is 0 Å². The van der Waals surface area contributed by atoms with Crippen LogP contribution in [0.5, 0.6) is 0 Å². The highest BCUT2D eigenvalue weighted by molar-refractivity contribution is 6.02. The van der Waals surface area contributed by atoms with Crippen LogP contribution in [-0.2, 0) is 14.4 Å². The third kappa shape index (κ3) is 4.75. The SMILES string of the molecule is CC(=O)/C=C1/[C@@]2(C)C=C(C#N)C(=O)[C@@H](C)[C@@H]2CC[C@@]1(C)C(C)(C)CC[C@@]1(C(=O)O)CCC(C)(C)CC1C. The number of Topliss-reactive ketones (excluding diaryl/α,β-unsaturated/α-hetero) is 1. The number of carbonyl (C=O) groups is 3. The molecule has 2 fully saturated rings. The van der Waals surface area contributed by atoms with Gasteiger partial charge in [0.2, 0.25) is 0 Å². The molecule has 0 spiro atoms. The monoisotopic (exact) mass is 509 g/mol. The fraction of sp³-hybridized carbons (Fsp3) is 0.750. The fourth-order valence-electron chi connectivity index (χ4n) is 8.28. The van der Waals surface area contributed by atoms with Crippen LogP contribution in [0.15, 0.2) is 23.3 Å². The molecule has 1 unspecified atom stereocenters. The molecular formula is C32H47NO4. The molecular weight excluding hydrogens is 462 g/mol. The summed E-state index contributed by atoms with van der Waals surface area (Å²) < 4.78 is 0. The normalized spacial score (nSPS) is 38.9. The molecule has 0 aromatic heterocycles. The second kappa shape index (κ2) is 9.51. The fourth-order valence-corrected chi connectivity index (χ4v) is 8.28. The molecule has 1 N–H and O–H groups in total. The summed E-state index contributed by atoms with van der Waals surface area (Å²) in [6.45, 7) is 18.8. The van der Waals surface area contributed by atoms with E-state index in [2.05, 4.69) is 54.5 Å². The Balaban J connectivity index is 2.04. The lowest BCUT2D eigenvalue weighted by Gasteiger charge is -2.59. The van der Waals surface area contributed by atoms with E-state index >= 15 is 0 Å². The van der Waals surface area contributed by atoms with Crippen LogP contribution in [0.1, 0.15) is 107 Å². The molecule has 204 valence electrons. The van der Waals surface area contributed by atoms with Crippen LogP contribution in [0.3, 0.4) is 0 Å². The van der Waals surface area contributed by atoms with E-state index in [1.807, 2.05) is 13.0 Å². The average molecular weight is 510 g/mol. The van der Waals surface area contributed by atoms with Crippen molar-refractivity contribution in [1.29, 1.82) is 5.26 Å². The maximum Gasteiger partial charge on any atom is 0.309 e. The quantitative estimate of drug-likeness (QED) is 0.379. The number of ketones is 2. The van der Waals surface area contributed by atoms with Gasteiger partial charge in [-0.15, -0.1) is 0 Å². The molecule has 3 aliphatic carbocycles. The predicted octanol–water partition coefficient (Wildman–Crippen LogP) is 7.32. The molecule has 0 amide bonds. The topological polar surface area (TPSA) is 95.2 Å². The summed E-state index contributed by atoms with van der Waals surface area (Å²) in [7, 11) is 0. The zero-order chi connectivity index (χ0) is 28.2. The number of carbonyl (C=O) groups excluding carboxylic acids is 2. The molecule has 2 saturated carbocycles. The van der Waals surface area contributed by atoms with E-state index in [-0.39, 0.29) is 45.7 Å². The molecule has 0 aliphatic heterocycles. The van der Waals surface area contributed by atoms with Crippen LogP contribution in [0.25, 0.3) is 0 Å². The first-order valence-corrected chi connectivity index (χ1v) is 14.0. The number of nitrogens with zero attached hydrogens (tertiary/aromatic N) is 1. The lowest BCUT2D eigenvalue weighted by atomic mass is 9.44. The highest BCUT2D eigenvalue weighted by Gasteiger charge is 2.59. The Labute approximate surface area is 223 Å². The number of fused-ring (bicyclic) bond motifs is 1. The summed E-state index contributed by atoms with van der Waals surface area (Å²) in [5.74, 6) is -1.00. The number of carboxylic acids is 1. The predicted molar refractivity (Wildman–Crippen MR) is 145 cm³/mol. The van der Waals surface area contributed by atoms with Gasteiger partial charge in [0.25, 0.3) is 0 Å². The van der Waals surface area contributed by atoms with Crippen molar-refractivity contribution < 1.29 is 19.5 Å². The molecule has 5 heteroatoms. The molecule has 0 aromatic rings. The van der Waals surface area contributed by atoms with Gasteiger partial charge >= 0.3 is 5.97 Å². The molecule has 5 nitrogen and oxygen atoms in total. The Bertz CT molecular complexity index is 1090. The van der Waals surface area contributed by atoms with E-state index in [9.17, 15) is 24.8 Å². The third-order valence-electron chi connectivity index (χ3n) is 11.3. The zero-order valence-corrected chi connectivity index (χ0v) is 24.5. The standard InChI is InChI=1S/C32H47NO4/c1-20-17-28(4,5)12-14-32(20,27(36)37)15-13-29(6,7)31(9)11-10-24-22(3)26(35)23(19-33)18-30(24,8)25(31)16-21(2)34/h16,18,20,22,24H,10-15,17H2,1-9H3,(H,36,37)/b25-16-/t20?,22-,24-,30-,31+,32-/m0/s1. The van der Waals surface area contributed by atoms with Gasteiger partial charge in [-0.25, -0.2) is 0 Å². The first-order valence-electron chi connectivity index (χ1n) is 14.0. The number of allylic oxidation sites excluding steroid dienone is 4. The molecule has 0 heterocycles. The largest absolute Gasteiger partial charge is 0.481 e. The minimum absolute atomic E-state index is 0.0255. The van der Waals surface area contributed by atoms with Gasteiger partial charge in [0.15, 0.2) is 11.6 Å². The highest BCUT2D eigenvalue weighted by atomic mass is 16.4. The van der Waals surface area contributed by atoms with Crippen LogP contribution < -0.4 is 0 Å². The maximum absolute atomic E-state index is 12.9. The van der Waals surface area contributed by atoms with Gasteiger partial charge in [-0.2, -0.15) is 5.26 Å². The number of hydrogen-bond donors (Lipinski definition) is 1. The van der Waals surface area contributed by atoms with Crippen molar-refractivity contribution in [1.82, 2.24) is 0 Å². The van der Waals surface area contributed by atoms with Crippen LogP contribution in [0.4, 0.5) is 0 Å². The molecule has 0 saturated heterocycles. The van der Waals surface area contributed by atoms with Crippen molar-refractivity contribution >= 4 is 17.5 Å². The van der Waals surface area contributed by atoms with E-state index in [0.29, 0.717) is 12.8 Å². The summed E-state index contributed by atoms with van der Waals surface area (Å²) in [6.07, 6.45) is 9.03. The van der Waals surface area contributed by atoms with Gasteiger partial charge < -0.3 is 5.11 Å². The zero-order valence-electron chi connectivity index (χ0n) is 24.5. The summed E-state index contributed by atoms with van der Waals surface area (Å²) in [4.78, 5) is 38.2. The summed E-state index contributed by atoms with van der Waals surface area (Å²) in [5, 5.41) is 20.2. The third-order valence-corrected chi connectivity index (χ3v) is 11.3. The summed E-state index contributed by atoms with van der Waals surface area (Å²) in [5.41, 5.74) is -0.686. The first-order chi connectivity index (χ1) is 16.9. The van der Waals surface area contributed by atoms with Crippen molar-refractivity contribution in [2.75, 3.05) is 0 Å². The molecule has 0 bridgehead atoms. The summed E-state index contributed by atoms with van der Waals surface area (Å²) >= 11 is 0. The lowest BCUT2D eigenvalue weighted by Crippen LogP contribution is -2.53. The minimum Gasteiger partial charge on any atom is -0.481 e. The Hall–Kier alpha value is -2.22. The molecule has 3 aliphatic rings. The number of aliphatic carboxylic acids is 1. The van der Waals surface area contributed by atoms with Crippen molar-refractivity contribution in [3.63, 3.8) is 0 Å². The maximum atomic E-state index is 12.9. The highest BCUT2D eigenvalue weighted by Crippen LogP contribution is 2.65. The molecule has 6 atom stereocenters. The Morgan fingerprint density at radius 2 is 1.78 bits per heavy atom. The molecule has 3 rings (SSSR count). The van der Waals surface area contributed by atoms with Crippen LogP contribution in [0, 0.1) is 56.2 Å². The second-order valence-electron chi connectivity index (χ2n) is 14.4. The van der Waals surface area contributed by atoms with Gasteiger partial charge in [0.05, 0.1) is 11.0 Å². The van der Waals surface area contributed by atoms with E-state index in [1.54, 1.807) is 13.0 Å². The Morgan fingerprint density at radius 1 is 1.16 bits per heavy atom. The van der Waals surface area contributed by atoms with Crippen LogP contribution in [-0.4, -0.2) is 22.6 Å². The van der Waals surface area contributed by atoms with Crippen molar-refractivity contribution in [2.45, 2.75) is 107 Å². The van der Waals surface area contributed by atoms with E-state index < -0.39 is 22.2 Å². The Kier molecular flexibility index (Phi) is 7.54. The van der Waals surface area contributed by atoms with Gasteiger partial charge in [-0.1, -0.05) is 67.0 Å². The van der Waals surface area contributed by atoms with Gasteiger partial charge in [-0.05, 0) is 86.0 Å². The molecule has 0 radical (unpaired) electrons. The van der Waals surface area contributed by atoms with E-state index in [0.717, 1.165) is 37.7 Å².